The fourth-order valence-electron chi connectivity index (χ4n) is 3.76. The van der Waals surface area contributed by atoms with Crippen molar-refractivity contribution in [3.8, 4) is 11.5 Å². The number of ketones is 1. The fraction of sp³-hybridized carbons (Fsp3) is 0.556. The van der Waals surface area contributed by atoms with Gasteiger partial charge in [-0.1, -0.05) is 56.1 Å². The molecule has 0 aliphatic heterocycles. The van der Waals surface area contributed by atoms with Gasteiger partial charge in [0, 0.05) is 30.9 Å². The van der Waals surface area contributed by atoms with Gasteiger partial charge >= 0.3 is 6.09 Å². The van der Waals surface area contributed by atoms with E-state index < -0.39 is 40.4 Å². The maximum Gasteiger partial charge on any atom is 0.408 e. The Bertz CT molecular complexity index is 1160. The first-order chi connectivity index (χ1) is 18.6. The average molecular weight is 599 g/mol. The van der Waals surface area contributed by atoms with Crippen molar-refractivity contribution in [3.05, 3.63) is 30.6 Å². The summed E-state index contributed by atoms with van der Waals surface area (Å²) in [5.41, 5.74) is 0.0820. The summed E-state index contributed by atoms with van der Waals surface area (Å²) < 4.78 is 10.4. The molecule has 2 unspecified atom stereocenters. The van der Waals surface area contributed by atoms with Gasteiger partial charge in [0.25, 0.3) is 5.91 Å². The van der Waals surface area contributed by atoms with E-state index in [0.29, 0.717) is 17.1 Å². The number of amides is 3. The van der Waals surface area contributed by atoms with Gasteiger partial charge < -0.3 is 24.8 Å². The quantitative estimate of drug-likeness (QED) is 0.340. The zero-order valence-electron chi connectivity index (χ0n) is 23.7. The first kappa shape index (κ1) is 33.0. The number of hydrogen-bond acceptors (Lipinski definition) is 8. The van der Waals surface area contributed by atoms with Gasteiger partial charge in [-0.2, -0.15) is 0 Å². The van der Waals surface area contributed by atoms with Gasteiger partial charge in [0.15, 0.2) is 16.4 Å². The van der Waals surface area contributed by atoms with E-state index in [-0.39, 0.29) is 30.6 Å². The smallest absolute Gasteiger partial charge is 0.408 e. The van der Waals surface area contributed by atoms with Crippen molar-refractivity contribution in [1.82, 2.24) is 20.8 Å². The van der Waals surface area contributed by atoms with Crippen LogP contribution in [0.5, 0.6) is 0 Å². The van der Waals surface area contributed by atoms with Gasteiger partial charge in [-0.15, -0.1) is 0 Å². The number of ether oxygens (including phenoxy) is 1. The number of carbonyl (C=O) groups is 4. The summed E-state index contributed by atoms with van der Waals surface area (Å²) in [6, 6.07) is 2.98. The zero-order valence-corrected chi connectivity index (χ0v) is 25.2. The molecular formula is C27H37Cl2N5O6. The molecule has 2 aromatic heterocycles. The molecule has 0 saturated heterocycles. The molecule has 0 aliphatic rings. The summed E-state index contributed by atoms with van der Waals surface area (Å²) in [5, 5.41) is 9.02. The van der Waals surface area contributed by atoms with Gasteiger partial charge in [0.1, 0.15) is 17.3 Å². The first-order valence-electron chi connectivity index (χ1n) is 12.9. The van der Waals surface area contributed by atoms with Gasteiger partial charge in [0.05, 0.1) is 12.2 Å². The summed E-state index contributed by atoms with van der Waals surface area (Å²) in [6.07, 6.45) is 2.10. The third kappa shape index (κ3) is 9.78. The lowest BCUT2D eigenvalue weighted by Gasteiger charge is -2.29. The Morgan fingerprint density at radius 1 is 1.00 bits per heavy atom. The number of pyridine rings is 1. The van der Waals surface area contributed by atoms with Crippen LogP contribution in [-0.2, 0) is 19.1 Å². The van der Waals surface area contributed by atoms with E-state index in [2.05, 4.69) is 20.8 Å². The summed E-state index contributed by atoms with van der Waals surface area (Å²) in [5.74, 6) is -1.63. The number of anilines is 1. The predicted molar refractivity (Wildman–Crippen MR) is 152 cm³/mol. The molecule has 0 fully saturated rings. The van der Waals surface area contributed by atoms with E-state index >= 15 is 0 Å². The normalized spacial score (nSPS) is 13.2. The molecule has 2 rings (SSSR count). The maximum absolute atomic E-state index is 13.3. The number of nitrogens with zero attached hydrogens (tertiary/aromatic N) is 3. The van der Waals surface area contributed by atoms with Crippen LogP contribution in [0.2, 0.25) is 0 Å². The predicted octanol–water partition coefficient (Wildman–Crippen LogP) is 4.52. The maximum atomic E-state index is 13.3. The fourth-order valence-corrected chi connectivity index (χ4v) is 4.00. The second-order valence-corrected chi connectivity index (χ2v) is 12.0. The molecule has 220 valence electrons. The Hall–Kier alpha value is -3.18. The van der Waals surface area contributed by atoms with Crippen molar-refractivity contribution in [1.29, 1.82) is 0 Å². The molecule has 40 heavy (non-hydrogen) atoms. The third-order valence-electron chi connectivity index (χ3n) is 5.71. The molecule has 0 saturated carbocycles. The van der Waals surface area contributed by atoms with E-state index in [1.165, 1.54) is 17.3 Å². The number of rotatable bonds is 12. The van der Waals surface area contributed by atoms with Crippen molar-refractivity contribution in [2.45, 2.75) is 77.4 Å². The number of halogens is 2. The Balaban J connectivity index is 2.19. The highest BCUT2D eigenvalue weighted by Gasteiger charge is 2.32. The number of nitrogens with one attached hydrogen (secondary N) is 2. The third-order valence-corrected chi connectivity index (χ3v) is 6.09. The topological polar surface area (TPSA) is 144 Å². The zero-order chi connectivity index (χ0) is 30.2. The molecule has 2 atom stereocenters. The molecule has 0 spiro atoms. The standard InChI is InChI=1S/C27H37Cl2N5O6/c1-15(2)21(32-24(36)22(16(3)4)33-26(38)39-27(5,6)7)19(35)10-13-34(25(37)23(28)29)17-8-11-30-18(14-17)20-9-12-31-40-20/h8-9,11-12,14-16,21-23H,10,13H2,1-7H3,(H,32,36)(H,33,38). The minimum absolute atomic E-state index is 0.0592. The second-order valence-electron chi connectivity index (χ2n) is 10.9. The monoisotopic (exact) mass is 597 g/mol. The second kappa shape index (κ2) is 14.5. The number of aromatic nitrogens is 2. The Kier molecular flexibility index (Phi) is 11.9. The van der Waals surface area contributed by atoms with Crippen LogP contribution < -0.4 is 15.5 Å². The summed E-state index contributed by atoms with van der Waals surface area (Å²) >= 11 is 11.8. The molecule has 2 N–H and O–H groups in total. The van der Waals surface area contributed by atoms with Crippen LogP contribution in [0.15, 0.2) is 35.1 Å². The van der Waals surface area contributed by atoms with Crippen LogP contribution in [0.4, 0.5) is 10.5 Å². The molecule has 2 heterocycles. The van der Waals surface area contributed by atoms with E-state index in [4.69, 9.17) is 32.5 Å². The Morgan fingerprint density at radius 2 is 1.65 bits per heavy atom. The molecule has 11 nitrogen and oxygen atoms in total. The lowest BCUT2D eigenvalue weighted by atomic mass is 9.96. The van der Waals surface area contributed by atoms with Gasteiger partial charge in [-0.25, -0.2) is 4.79 Å². The van der Waals surface area contributed by atoms with Crippen LogP contribution in [0.25, 0.3) is 11.5 Å². The van der Waals surface area contributed by atoms with E-state index in [1.807, 2.05) is 0 Å². The minimum atomic E-state index is -1.37. The van der Waals surface area contributed by atoms with Crippen LogP contribution >= 0.6 is 23.2 Å². The SMILES string of the molecule is CC(C)C(NC(=O)C(NC(=O)OC(C)(C)C)C(C)C)C(=O)CCN(C(=O)C(Cl)Cl)c1ccnc(-c2ccno2)c1. The van der Waals surface area contributed by atoms with Crippen molar-refractivity contribution in [2.75, 3.05) is 11.4 Å². The van der Waals surface area contributed by atoms with Crippen molar-refractivity contribution in [2.24, 2.45) is 11.8 Å². The molecule has 0 bridgehead atoms. The van der Waals surface area contributed by atoms with Crippen molar-refractivity contribution < 1.29 is 28.4 Å². The first-order valence-corrected chi connectivity index (χ1v) is 13.8. The van der Waals surface area contributed by atoms with E-state index in [1.54, 1.807) is 66.7 Å². The van der Waals surface area contributed by atoms with E-state index in [0.717, 1.165) is 0 Å². The molecule has 0 aromatic carbocycles. The van der Waals surface area contributed by atoms with Crippen LogP contribution in [0.1, 0.15) is 54.9 Å². The van der Waals surface area contributed by atoms with Crippen molar-refractivity contribution >= 4 is 52.6 Å². The highest BCUT2D eigenvalue weighted by atomic mass is 35.5. The van der Waals surface area contributed by atoms with E-state index in [9.17, 15) is 19.2 Å². The molecule has 3 amide bonds. The Labute approximate surface area is 244 Å². The van der Waals surface area contributed by atoms with Gasteiger partial charge in [-0.05, 0) is 44.7 Å². The summed E-state index contributed by atoms with van der Waals surface area (Å²) in [6.45, 7) is 12.2. The van der Waals surface area contributed by atoms with Gasteiger partial charge in [0.2, 0.25) is 5.91 Å². The summed E-state index contributed by atoms with van der Waals surface area (Å²) in [4.78, 5) is 55.8. The van der Waals surface area contributed by atoms with Crippen LogP contribution in [0, 0.1) is 11.8 Å². The highest BCUT2D eigenvalue weighted by Crippen LogP contribution is 2.24. The van der Waals surface area contributed by atoms with Crippen LogP contribution in [-0.4, -0.2) is 62.9 Å². The molecular weight excluding hydrogens is 561 g/mol. The number of alkyl carbamates (subject to hydrolysis) is 1. The number of Topliss-reactive ketones (excluding diaryl/α,β-unsaturated/α-hetero) is 1. The molecule has 13 heteroatoms. The molecule has 2 aromatic rings. The van der Waals surface area contributed by atoms with Crippen molar-refractivity contribution in [3.63, 3.8) is 0 Å². The lowest BCUT2D eigenvalue weighted by Crippen LogP contribution is -2.55. The van der Waals surface area contributed by atoms with Crippen LogP contribution in [0.3, 0.4) is 0 Å². The number of hydrogen-bond donors (Lipinski definition) is 2. The largest absolute Gasteiger partial charge is 0.444 e. The lowest BCUT2D eigenvalue weighted by molar-refractivity contribution is -0.130. The molecule has 0 aliphatic carbocycles. The highest BCUT2D eigenvalue weighted by molar-refractivity contribution is 6.54. The minimum Gasteiger partial charge on any atom is -0.444 e. The van der Waals surface area contributed by atoms with Gasteiger partial charge in [-0.3, -0.25) is 19.4 Å². The number of alkyl halides is 2. The average Bonchev–Trinajstić information content (AvgIpc) is 3.39. The summed E-state index contributed by atoms with van der Waals surface area (Å²) in [7, 11) is 0. The Morgan fingerprint density at radius 3 is 2.17 bits per heavy atom. The number of carbonyl (C=O) groups excluding carboxylic acids is 4. The molecule has 0 radical (unpaired) electrons.